The van der Waals surface area contributed by atoms with Crippen LogP contribution in [0, 0.1) is 0 Å². The summed E-state index contributed by atoms with van der Waals surface area (Å²) in [7, 11) is -3.20. The molecule has 0 bridgehead atoms. The molecular formula is C14H22N2O3S. The van der Waals surface area contributed by atoms with Crippen molar-refractivity contribution < 1.29 is 13.2 Å². The second-order valence-electron chi connectivity index (χ2n) is 5.02. The molecule has 0 unspecified atom stereocenters. The molecule has 5 nitrogen and oxygen atoms in total. The Balaban J connectivity index is 1.82. The Labute approximate surface area is 120 Å². The third-order valence-corrected chi connectivity index (χ3v) is 4.50. The Hall–Kier alpha value is -1.11. The zero-order chi connectivity index (χ0) is 14.4. The van der Waals surface area contributed by atoms with E-state index in [1.807, 2.05) is 6.07 Å². The first kappa shape index (κ1) is 15.3. The van der Waals surface area contributed by atoms with E-state index in [-0.39, 0.29) is 0 Å². The lowest BCUT2D eigenvalue weighted by molar-refractivity contribution is 0.0394. The van der Waals surface area contributed by atoms with Crippen LogP contribution in [0.25, 0.3) is 0 Å². The fourth-order valence-corrected chi connectivity index (χ4v) is 3.17. The first-order valence-electron chi connectivity index (χ1n) is 6.92. The van der Waals surface area contributed by atoms with Crippen molar-refractivity contribution in [3.8, 4) is 0 Å². The van der Waals surface area contributed by atoms with Crippen molar-refractivity contribution in [1.29, 1.82) is 0 Å². The molecule has 1 aromatic carbocycles. The summed E-state index contributed by atoms with van der Waals surface area (Å²) in [6, 6.07) is 6.95. The van der Waals surface area contributed by atoms with Gasteiger partial charge in [0, 0.05) is 12.8 Å². The van der Waals surface area contributed by atoms with Gasteiger partial charge in [0.2, 0.25) is 0 Å². The molecule has 0 saturated carbocycles. The van der Waals surface area contributed by atoms with Crippen molar-refractivity contribution in [2.45, 2.75) is 23.8 Å². The highest BCUT2D eigenvalue weighted by Crippen LogP contribution is 2.20. The van der Waals surface area contributed by atoms with Crippen LogP contribution in [0.15, 0.2) is 29.2 Å². The van der Waals surface area contributed by atoms with Gasteiger partial charge in [-0.25, -0.2) is 8.42 Å². The van der Waals surface area contributed by atoms with E-state index >= 15 is 0 Å². The number of piperidine rings is 1. The zero-order valence-electron chi connectivity index (χ0n) is 11.8. The van der Waals surface area contributed by atoms with Gasteiger partial charge in [-0.2, -0.15) is 0 Å². The molecule has 0 atom stereocenters. The SMILES string of the molecule is CS(=O)(=O)c1ccccc1NCCOC1CCNCC1. The summed E-state index contributed by atoms with van der Waals surface area (Å²) in [6.07, 6.45) is 3.63. The molecule has 2 rings (SSSR count). The molecule has 0 aliphatic carbocycles. The van der Waals surface area contributed by atoms with Crippen molar-refractivity contribution in [3.05, 3.63) is 24.3 Å². The van der Waals surface area contributed by atoms with Gasteiger partial charge in [0.05, 0.1) is 23.3 Å². The van der Waals surface area contributed by atoms with E-state index in [4.69, 9.17) is 4.74 Å². The Morgan fingerprint density at radius 1 is 1.30 bits per heavy atom. The van der Waals surface area contributed by atoms with Crippen LogP contribution < -0.4 is 10.6 Å². The van der Waals surface area contributed by atoms with Gasteiger partial charge < -0.3 is 15.4 Å². The van der Waals surface area contributed by atoms with Crippen molar-refractivity contribution in [2.75, 3.05) is 37.8 Å². The van der Waals surface area contributed by atoms with Gasteiger partial charge in [-0.3, -0.25) is 0 Å². The molecule has 0 aromatic heterocycles. The minimum absolute atomic E-state index is 0.322. The van der Waals surface area contributed by atoms with E-state index in [0.717, 1.165) is 25.9 Å². The molecule has 0 amide bonds. The number of hydrogen-bond acceptors (Lipinski definition) is 5. The molecule has 112 valence electrons. The maximum Gasteiger partial charge on any atom is 0.177 e. The normalized spacial score (nSPS) is 17.1. The topological polar surface area (TPSA) is 67.4 Å². The monoisotopic (exact) mass is 298 g/mol. The predicted octanol–water partition coefficient (Wildman–Crippen LogP) is 1.27. The fourth-order valence-electron chi connectivity index (χ4n) is 2.31. The maximum absolute atomic E-state index is 11.7. The Bertz CT molecular complexity index is 525. The van der Waals surface area contributed by atoms with Crippen LogP contribution in [-0.2, 0) is 14.6 Å². The molecule has 1 aromatic rings. The fraction of sp³-hybridized carbons (Fsp3) is 0.571. The second-order valence-corrected chi connectivity index (χ2v) is 7.00. The van der Waals surface area contributed by atoms with E-state index in [9.17, 15) is 8.42 Å². The molecule has 1 aliphatic rings. The number of sulfone groups is 1. The Kier molecular flexibility index (Phi) is 5.39. The van der Waals surface area contributed by atoms with E-state index in [2.05, 4.69) is 10.6 Å². The summed E-state index contributed by atoms with van der Waals surface area (Å²) in [4.78, 5) is 0.335. The Morgan fingerprint density at radius 2 is 2.00 bits per heavy atom. The summed E-state index contributed by atoms with van der Waals surface area (Å²) < 4.78 is 29.1. The highest BCUT2D eigenvalue weighted by atomic mass is 32.2. The van der Waals surface area contributed by atoms with Crippen LogP contribution in [0.4, 0.5) is 5.69 Å². The van der Waals surface area contributed by atoms with Crippen LogP contribution in [0.2, 0.25) is 0 Å². The molecule has 0 spiro atoms. The largest absolute Gasteiger partial charge is 0.382 e. The highest BCUT2D eigenvalue weighted by molar-refractivity contribution is 7.90. The van der Waals surface area contributed by atoms with Gasteiger partial charge in [0.25, 0.3) is 0 Å². The lowest BCUT2D eigenvalue weighted by Crippen LogP contribution is -2.33. The maximum atomic E-state index is 11.7. The van der Waals surface area contributed by atoms with Crippen molar-refractivity contribution in [2.24, 2.45) is 0 Å². The standard InChI is InChI=1S/C14H22N2O3S/c1-20(17,18)14-5-3-2-4-13(14)16-10-11-19-12-6-8-15-9-7-12/h2-5,12,15-16H,6-11H2,1H3. The van der Waals surface area contributed by atoms with Crippen molar-refractivity contribution in [3.63, 3.8) is 0 Å². The van der Waals surface area contributed by atoms with Gasteiger partial charge >= 0.3 is 0 Å². The summed E-state index contributed by atoms with van der Waals surface area (Å²) in [6.45, 7) is 3.21. The number of rotatable bonds is 6. The van der Waals surface area contributed by atoms with E-state index in [1.54, 1.807) is 18.2 Å². The molecule has 1 aliphatic heterocycles. The minimum atomic E-state index is -3.20. The molecule has 6 heteroatoms. The lowest BCUT2D eigenvalue weighted by atomic mass is 10.1. The van der Waals surface area contributed by atoms with Gasteiger partial charge in [0.1, 0.15) is 0 Å². The first-order valence-corrected chi connectivity index (χ1v) is 8.82. The smallest absolute Gasteiger partial charge is 0.177 e. The number of para-hydroxylation sites is 1. The third kappa shape index (κ3) is 4.47. The van der Waals surface area contributed by atoms with Gasteiger partial charge in [-0.1, -0.05) is 12.1 Å². The average Bonchev–Trinajstić information content (AvgIpc) is 2.44. The summed E-state index contributed by atoms with van der Waals surface area (Å²) in [5, 5.41) is 6.43. The van der Waals surface area contributed by atoms with Crippen molar-refractivity contribution >= 4 is 15.5 Å². The number of hydrogen-bond donors (Lipinski definition) is 2. The number of ether oxygens (including phenoxy) is 1. The second kappa shape index (κ2) is 7.06. The lowest BCUT2D eigenvalue weighted by Gasteiger charge is -2.23. The van der Waals surface area contributed by atoms with E-state index < -0.39 is 9.84 Å². The molecule has 0 radical (unpaired) electrons. The van der Waals surface area contributed by atoms with Crippen LogP contribution >= 0.6 is 0 Å². The number of anilines is 1. The van der Waals surface area contributed by atoms with Gasteiger partial charge in [0.15, 0.2) is 9.84 Å². The van der Waals surface area contributed by atoms with Crippen LogP contribution in [0.3, 0.4) is 0 Å². The molecule has 20 heavy (non-hydrogen) atoms. The zero-order valence-corrected chi connectivity index (χ0v) is 12.6. The van der Waals surface area contributed by atoms with Gasteiger partial charge in [-0.15, -0.1) is 0 Å². The third-order valence-electron chi connectivity index (χ3n) is 3.34. The van der Waals surface area contributed by atoms with Crippen LogP contribution in [0.1, 0.15) is 12.8 Å². The summed E-state index contributed by atoms with van der Waals surface area (Å²) in [5.74, 6) is 0. The molecule has 1 heterocycles. The van der Waals surface area contributed by atoms with Crippen LogP contribution in [0.5, 0.6) is 0 Å². The molecule has 1 saturated heterocycles. The summed E-state index contributed by atoms with van der Waals surface area (Å²) in [5.41, 5.74) is 0.643. The Morgan fingerprint density at radius 3 is 2.70 bits per heavy atom. The number of nitrogens with one attached hydrogen (secondary N) is 2. The van der Waals surface area contributed by atoms with Gasteiger partial charge in [-0.05, 0) is 38.1 Å². The number of benzene rings is 1. The van der Waals surface area contributed by atoms with E-state index in [0.29, 0.717) is 29.8 Å². The summed E-state index contributed by atoms with van der Waals surface area (Å²) >= 11 is 0. The average molecular weight is 298 g/mol. The van der Waals surface area contributed by atoms with Crippen LogP contribution in [-0.4, -0.2) is 47.0 Å². The van der Waals surface area contributed by atoms with Crippen molar-refractivity contribution in [1.82, 2.24) is 5.32 Å². The minimum Gasteiger partial charge on any atom is -0.382 e. The highest BCUT2D eigenvalue weighted by Gasteiger charge is 2.14. The quantitative estimate of drug-likeness (QED) is 0.774. The first-order chi connectivity index (χ1) is 9.57. The molecular weight excluding hydrogens is 276 g/mol. The predicted molar refractivity (Wildman–Crippen MR) is 79.9 cm³/mol. The molecule has 2 N–H and O–H groups in total. The molecule has 1 fully saturated rings. The van der Waals surface area contributed by atoms with E-state index in [1.165, 1.54) is 6.26 Å².